The first kappa shape index (κ1) is 13.5. The number of carbonyl (C=O) groups is 1. The van der Waals surface area contributed by atoms with Gasteiger partial charge in [0.25, 0.3) is 0 Å². The summed E-state index contributed by atoms with van der Waals surface area (Å²) in [6.45, 7) is 6.66. The number of carbonyl (C=O) groups excluding carboxylic acids is 1. The zero-order valence-corrected chi connectivity index (χ0v) is 10.8. The highest BCUT2D eigenvalue weighted by Gasteiger charge is 2.19. The molecule has 0 radical (unpaired) electrons. The predicted octanol–water partition coefficient (Wildman–Crippen LogP) is 2.50. The average molecular weight is 227 g/mol. The van der Waals surface area contributed by atoms with Crippen molar-refractivity contribution in [3.63, 3.8) is 0 Å². The summed E-state index contributed by atoms with van der Waals surface area (Å²) in [5.74, 6) is 0.525. The van der Waals surface area contributed by atoms with Gasteiger partial charge in [0.2, 0.25) is 5.91 Å². The minimum absolute atomic E-state index is 0.0487. The lowest BCUT2D eigenvalue weighted by Crippen LogP contribution is -2.42. The van der Waals surface area contributed by atoms with Gasteiger partial charge in [-0.05, 0) is 25.7 Å². The molecule has 1 fully saturated rings. The largest absolute Gasteiger partial charge is 0.368 e. The van der Waals surface area contributed by atoms with E-state index in [-0.39, 0.29) is 12.0 Å². The van der Waals surface area contributed by atoms with Gasteiger partial charge < -0.3 is 10.1 Å². The molecule has 3 nitrogen and oxygen atoms in total. The predicted molar refractivity (Wildman–Crippen MR) is 65.3 cm³/mol. The van der Waals surface area contributed by atoms with E-state index in [1.807, 2.05) is 6.92 Å². The molecule has 1 atom stereocenters. The minimum Gasteiger partial charge on any atom is -0.368 e. The Balaban J connectivity index is 2.22. The van der Waals surface area contributed by atoms with Gasteiger partial charge in [-0.3, -0.25) is 4.79 Å². The van der Waals surface area contributed by atoms with Gasteiger partial charge in [-0.2, -0.15) is 0 Å². The van der Waals surface area contributed by atoms with Crippen LogP contribution in [0.5, 0.6) is 0 Å². The third kappa shape index (κ3) is 4.97. The van der Waals surface area contributed by atoms with Crippen molar-refractivity contribution in [3.8, 4) is 0 Å². The summed E-state index contributed by atoms with van der Waals surface area (Å²) < 4.78 is 5.49. The van der Waals surface area contributed by atoms with Crippen LogP contribution >= 0.6 is 0 Å². The highest BCUT2D eigenvalue weighted by molar-refractivity contribution is 5.80. The van der Waals surface area contributed by atoms with Crippen LogP contribution in [0, 0.1) is 5.92 Å². The van der Waals surface area contributed by atoms with Gasteiger partial charge in [0.05, 0.1) is 0 Å². The molecule has 0 aliphatic heterocycles. The molecule has 0 aromatic carbocycles. The molecule has 1 aliphatic carbocycles. The third-order valence-corrected chi connectivity index (χ3v) is 3.00. The summed E-state index contributed by atoms with van der Waals surface area (Å²) in [5.41, 5.74) is 0. The van der Waals surface area contributed by atoms with E-state index in [0.29, 0.717) is 18.6 Å². The zero-order valence-electron chi connectivity index (χ0n) is 10.8. The Kier molecular flexibility index (Phi) is 5.81. The van der Waals surface area contributed by atoms with Crippen molar-refractivity contribution in [2.45, 2.75) is 65.0 Å². The number of hydrogen-bond donors (Lipinski definition) is 1. The van der Waals surface area contributed by atoms with Crippen molar-refractivity contribution < 1.29 is 9.53 Å². The fourth-order valence-electron chi connectivity index (χ4n) is 1.98. The molecule has 0 heterocycles. The normalized spacial score (nSPS) is 19.8. The van der Waals surface area contributed by atoms with E-state index >= 15 is 0 Å². The summed E-state index contributed by atoms with van der Waals surface area (Å²) >= 11 is 0. The molecular formula is C13H25NO2. The lowest BCUT2D eigenvalue weighted by Gasteiger charge is -2.24. The molecule has 0 aromatic heterocycles. The molecule has 0 spiro atoms. The molecule has 1 N–H and O–H groups in total. The molecule has 1 unspecified atom stereocenters. The first-order valence-corrected chi connectivity index (χ1v) is 6.51. The first-order valence-electron chi connectivity index (χ1n) is 6.51. The minimum atomic E-state index is -0.315. The van der Waals surface area contributed by atoms with Crippen molar-refractivity contribution >= 4 is 5.91 Å². The summed E-state index contributed by atoms with van der Waals surface area (Å²) in [4.78, 5) is 11.8. The Hall–Kier alpha value is -0.570. The standard InChI is InChI=1S/C13H25NO2/c1-10(2)9-16-11(3)13(15)14-12-7-5-4-6-8-12/h10-12H,4-9H2,1-3H3,(H,14,15). The van der Waals surface area contributed by atoms with Crippen molar-refractivity contribution in [1.29, 1.82) is 0 Å². The monoisotopic (exact) mass is 227 g/mol. The van der Waals surface area contributed by atoms with Crippen LogP contribution in [0.4, 0.5) is 0 Å². The van der Waals surface area contributed by atoms with E-state index in [2.05, 4.69) is 19.2 Å². The van der Waals surface area contributed by atoms with E-state index < -0.39 is 0 Å². The Morgan fingerprint density at radius 1 is 1.25 bits per heavy atom. The molecular weight excluding hydrogens is 202 g/mol. The maximum absolute atomic E-state index is 11.8. The van der Waals surface area contributed by atoms with Crippen LogP contribution in [0.15, 0.2) is 0 Å². The van der Waals surface area contributed by atoms with Crippen molar-refractivity contribution in [1.82, 2.24) is 5.32 Å². The van der Waals surface area contributed by atoms with Crippen LogP contribution in [0.3, 0.4) is 0 Å². The van der Waals surface area contributed by atoms with E-state index in [1.165, 1.54) is 19.3 Å². The lowest BCUT2D eigenvalue weighted by atomic mass is 9.95. The van der Waals surface area contributed by atoms with Crippen LogP contribution in [-0.2, 0) is 9.53 Å². The van der Waals surface area contributed by atoms with E-state index in [0.717, 1.165) is 12.8 Å². The topological polar surface area (TPSA) is 38.3 Å². The van der Waals surface area contributed by atoms with Crippen molar-refractivity contribution in [2.24, 2.45) is 5.92 Å². The lowest BCUT2D eigenvalue weighted by molar-refractivity contribution is -0.133. The van der Waals surface area contributed by atoms with Gasteiger partial charge in [0.15, 0.2) is 0 Å². The molecule has 1 saturated carbocycles. The summed E-state index contributed by atoms with van der Waals surface area (Å²) in [7, 11) is 0. The quantitative estimate of drug-likeness (QED) is 0.783. The Morgan fingerprint density at radius 2 is 1.88 bits per heavy atom. The number of nitrogens with one attached hydrogen (secondary N) is 1. The van der Waals surface area contributed by atoms with Gasteiger partial charge in [-0.1, -0.05) is 33.1 Å². The van der Waals surface area contributed by atoms with E-state index in [4.69, 9.17) is 4.74 Å². The van der Waals surface area contributed by atoms with Crippen LogP contribution in [-0.4, -0.2) is 24.7 Å². The highest BCUT2D eigenvalue weighted by atomic mass is 16.5. The van der Waals surface area contributed by atoms with Crippen LogP contribution in [0.1, 0.15) is 52.9 Å². The maximum Gasteiger partial charge on any atom is 0.249 e. The molecule has 0 bridgehead atoms. The zero-order chi connectivity index (χ0) is 12.0. The highest BCUT2D eigenvalue weighted by Crippen LogP contribution is 2.17. The molecule has 1 rings (SSSR count). The van der Waals surface area contributed by atoms with Gasteiger partial charge >= 0.3 is 0 Å². The van der Waals surface area contributed by atoms with Crippen LogP contribution in [0.2, 0.25) is 0 Å². The molecule has 94 valence electrons. The third-order valence-electron chi connectivity index (χ3n) is 3.00. The van der Waals surface area contributed by atoms with Gasteiger partial charge in [0, 0.05) is 12.6 Å². The van der Waals surface area contributed by atoms with Gasteiger partial charge in [0.1, 0.15) is 6.10 Å². The number of ether oxygens (including phenoxy) is 1. The fourth-order valence-corrected chi connectivity index (χ4v) is 1.98. The molecule has 0 saturated heterocycles. The summed E-state index contributed by atoms with van der Waals surface area (Å²) in [6.07, 6.45) is 5.74. The molecule has 1 aliphatic rings. The van der Waals surface area contributed by atoms with Crippen molar-refractivity contribution in [3.05, 3.63) is 0 Å². The maximum atomic E-state index is 11.8. The van der Waals surface area contributed by atoms with E-state index in [1.54, 1.807) is 0 Å². The SMILES string of the molecule is CC(C)COC(C)C(=O)NC1CCCCC1. The van der Waals surface area contributed by atoms with Crippen LogP contribution < -0.4 is 5.32 Å². The molecule has 16 heavy (non-hydrogen) atoms. The Morgan fingerprint density at radius 3 is 2.44 bits per heavy atom. The second kappa shape index (κ2) is 6.89. The molecule has 3 heteroatoms. The van der Waals surface area contributed by atoms with Crippen molar-refractivity contribution in [2.75, 3.05) is 6.61 Å². The Bertz CT molecular complexity index is 210. The second-order valence-electron chi connectivity index (χ2n) is 5.21. The summed E-state index contributed by atoms with van der Waals surface area (Å²) in [6, 6.07) is 0.381. The molecule has 0 aromatic rings. The second-order valence-corrected chi connectivity index (χ2v) is 5.21. The smallest absolute Gasteiger partial charge is 0.249 e. The molecule has 1 amide bonds. The number of amides is 1. The van der Waals surface area contributed by atoms with E-state index in [9.17, 15) is 4.79 Å². The van der Waals surface area contributed by atoms with Gasteiger partial charge in [-0.15, -0.1) is 0 Å². The summed E-state index contributed by atoms with van der Waals surface area (Å²) in [5, 5.41) is 3.08. The number of rotatable bonds is 5. The Labute approximate surface area is 98.9 Å². The fraction of sp³-hybridized carbons (Fsp3) is 0.923. The first-order chi connectivity index (χ1) is 7.59. The van der Waals surface area contributed by atoms with Gasteiger partial charge in [-0.25, -0.2) is 0 Å². The van der Waals surface area contributed by atoms with Crippen LogP contribution in [0.25, 0.3) is 0 Å². The average Bonchev–Trinajstić information content (AvgIpc) is 2.27. The number of hydrogen-bond acceptors (Lipinski definition) is 2.